The van der Waals surface area contributed by atoms with E-state index in [-0.39, 0.29) is 17.5 Å². The summed E-state index contributed by atoms with van der Waals surface area (Å²) in [7, 11) is 0. The molecule has 0 aliphatic heterocycles. The first-order chi connectivity index (χ1) is 11.1. The fourth-order valence-corrected chi connectivity index (χ4v) is 5.48. The minimum Gasteiger partial charge on any atom is -0.305 e. The Hall–Kier alpha value is -1.94. The second-order valence-electron chi connectivity index (χ2n) is 5.89. The number of rotatable bonds is 1. The highest BCUT2D eigenvalue weighted by Crippen LogP contribution is 2.56. The number of nitrogens with zero attached hydrogens (tertiary/aromatic N) is 3. The van der Waals surface area contributed by atoms with Crippen LogP contribution < -0.4 is 0 Å². The Kier molecular flexibility index (Phi) is 4.11. The number of nitrogens with one attached hydrogen (secondary N) is 1. The van der Waals surface area contributed by atoms with E-state index in [9.17, 15) is 15.8 Å². The predicted octanol–water partition coefficient (Wildman–Crippen LogP) is 4.53. The Morgan fingerprint density at radius 3 is 2.61 bits per heavy atom. The van der Waals surface area contributed by atoms with Crippen LogP contribution in [0.15, 0.2) is 27.6 Å². The highest BCUT2D eigenvalue weighted by Gasteiger charge is 2.57. The monoisotopic (exact) mass is 384 g/mol. The second-order valence-corrected chi connectivity index (χ2v) is 7.75. The summed E-state index contributed by atoms with van der Waals surface area (Å²) >= 11 is 4.93. The van der Waals surface area contributed by atoms with Crippen molar-refractivity contribution >= 4 is 33.0 Å². The van der Waals surface area contributed by atoms with Crippen molar-refractivity contribution in [2.45, 2.75) is 25.2 Å². The molecular weight excluding hydrogens is 372 g/mol. The van der Waals surface area contributed by atoms with E-state index in [1.807, 2.05) is 17.5 Å². The van der Waals surface area contributed by atoms with Crippen molar-refractivity contribution < 1.29 is 0 Å². The van der Waals surface area contributed by atoms with E-state index < -0.39 is 11.3 Å². The van der Waals surface area contributed by atoms with Gasteiger partial charge in [0.1, 0.15) is 5.92 Å². The number of hydrogen-bond acceptors (Lipinski definition) is 5. The molecule has 0 amide bonds. The van der Waals surface area contributed by atoms with Gasteiger partial charge in [0.2, 0.25) is 0 Å². The fourth-order valence-electron chi connectivity index (χ4n) is 3.81. The molecule has 0 aromatic carbocycles. The zero-order valence-electron chi connectivity index (χ0n) is 12.2. The summed E-state index contributed by atoms with van der Waals surface area (Å²) in [5.41, 5.74) is -0.701. The molecule has 0 radical (unpaired) electrons. The third-order valence-electron chi connectivity index (χ3n) is 4.82. The van der Waals surface area contributed by atoms with Crippen LogP contribution in [0.5, 0.6) is 0 Å². The smallest absolute Gasteiger partial charge is 0.190 e. The molecule has 1 heterocycles. The molecule has 0 bridgehead atoms. The number of hydrogen-bond donors (Lipinski definition) is 1. The van der Waals surface area contributed by atoms with E-state index in [2.05, 4.69) is 34.1 Å². The van der Waals surface area contributed by atoms with Gasteiger partial charge < -0.3 is 5.41 Å². The van der Waals surface area contributed by atoms with E-state index in [0.29, 0.717) is 0 Å². The third kappa shape index (κ3) is 2.24. The van der Waals surface area contributed by atoms with Crippen LogP contribution in [0.2, 0.25) is 0 Å². The summed E-state index contributed by atoms with van der Waals surface area (Å²) in [4.78, 5) is 0.930. The first-order valence-corrected chi connectivity index (χ1v) is 9.01. The summed E-state index contributed by atoms with van der Waals surface area (Å²) < 4.78 is 0.914. The van der Waals surface area contributed by atoms with Crippen molar-refractivity contribution in [2.75, 3.05) is 0 Å². The number of halogens is 1. The van der Waals surface area contributed by atoms with Crippen LogP contribution in [0, 0.1) is 56.7 Å². The lowest BCUT2D eigenvalue weighted by Crippen LogP contribution is -2.48. The first-order valence-electron chi connectivity index (χ1n) is 7.34. The van der Waals surface area contributed by atoms with Gasteiger partial charge in [-0.15, -0.1) is 11.3 Å². The van der Waals surface area contributed by atoms with Gasteiger partial charge in [-0.05, 0) is 52.7 Å². The number of nitriles is 3. The van der Waals surface area contributed by atoms with Crippen molar-refractivity contribution in [1.82, 2.24) is 0 Å². The molecule has 1 aromatic heterocycles. The SMILES string of the molecule is N#C[C@H]1C(=N)C(C#N)(C#N)[C@H](c2cc(Br)cs2)[C@@H]2CCCC=C12. The molecule has 0 spiro atoms. The molecule has 1 aromatic rings. The van der Waals surface area contributed by atoms with Crippen LogP contribution in [0.3, 0.4) is 0 Å². The molecule has 0 saturated heterocycles. The predicted molar refractivity (Wildman–Crippen MR) is 90.7 cm³/mol. The van der Waals surface area contributed by atoms with Gasteiger partial charge in [0.25, 0.3) is 0 Å². The molecule has 2 aliphatic rings. The Morgan fingerprint density at radius 2 is 2.04 bits per heavy atom. The van der Waals surface area contributed by atoms with Crippen molar-refractivity contribution in [3.05, 3.63) is 32.4 Å². The van der Waals surface area contributed by atoms with Gasteiger partial charge in [0, 0.05) is 20.6 Å². The minimum absolute atomic E-state index is 0.0210. The van der Waals surface area contributed by atoms with Gasteiger partial charge in [-0.1, -0.05) is 6.08 Å². The molecule has 1 saturated carbocycles. The number of allylic oxidation sites excluding steroid dienone is 2. The molecule has 3 rings (SSSR count). The maximum absolute atomic E-state index is 9.80. The molecule has 1 fully saturated rings. The summed E-state index contributed by atoms with van der Waals surface area (Å²) in [5, 5.41) is 39.5. The van der Waals surface area contributed by atoms with Crippen molar-refractivity contribution in [2.24, 2.45) is 17.3 Å². The summed E-state index contributed by atoms with van der Waals surface area (Å²) in [6.07, 6.45) is 4.77. The lowest BCUT2D eigenvalue weighted by Gasteiger charge is -2.45. The minimum atomic E-state index is -1.57. The van der Waals surface area contributed by atoms with E-state index >= 15 is 0 Å². The molecule has 2 aliphatic carbocycles. The zero-order valence-corrected chi connectivity index (χ0v) is 14.6. The molecule has 114 valence electrons. The summed E-state index contributed by atoms with van der Waals surface area (Å²) in [5.74, 6) is -1.15. The Bertz CT molecular complexity index is 803. The Balaban J connectivity index is 2.25. The van der Waals surface area contributed by atoms with Gasteiger partial charge in [0.05, 0.1) is 23.9 Å². The van der Waals surface area contributed by atoms with E-state index in [1.54, 1.807) is 0 Å². The maximum Gasteiger partial charge on any atom is 0.190 e. The van der Waals surface area contributed by atoms with E-state index in [1.165, 1.54) is 11.3 Å². The lowest BCUT2D eigenvalue weighted by molar-refractivity contribution is 0.324. The summed E-state index contributed by atoms with van der Waals surface area (Å²) in [6.45, 7) is 0. The van der Waals surface area contributed by atoms with Gasteiger partial charge in [-0.25, -0.2) is 0 Å². The fraction of sp³-hybridized carbons (Fsp3) is 0.412. The Morgan fingerprint density at radius 1 is 1.30 bits per heavy atom. The van der Waals surface area contributed by atoms with E-state index in [0.717, 1.165) is 34.2 Å². The highest BCUT2D eigenvalue weighted by atomic mass is 79.9. The standard InChI is InChI=1S/C17H13BrN4S/c18-10-5-14(23-7-10)15-12-4-2-1-3-11(12)13(6-19)16(22)17(15,8-20)9-21/h3,5,7,12-13,15,22H,1-2,4H2/t12-,13-,15+/m1/s1. The second kappa shape index (κ2) is 5.93. The molecule has 4 nitrogen and oxygen atoms in total. The number of fused-ring (bicyclic) bond motifs is 1. The van der Waals surface area contributed by atoms with Gasteiger partial charge in [-0.2, -0.15) is 15.8 Å². The van der Waals surface area contributed by atoms with Crippen LogP contribution in [-0.2, 0) is 0 Å². The van der Waals surface area contributed by atoms with Crippen LogP contribution in [0.4, 0.5) is 0 Å². The van der Waals surface area contributed by atoms with Crippen molar-refractivity contribution in [1.29, 1.82) is 21.2 Å². The van der Waals surface area contributed by atoms with E-state index in [4.69, 9.17) is 5.41 Å². The largest absolute Gasteiger partial charge is 0.305 e. The average molecular weight is 385 g/mol. The Labute approximate surface area is 147 Å². The third-order valence-corrected chi connectivity index (χ3v) is 6.60. The molecule has 1 N–H and O–H groups in total. The van der Waals surface area contributed by atoms with Crippen molar-refractivity contribution in [3.8, 4) is 18.2 Å². The van der Waals surface area contributed by atoms with Crippen LogP contribution in [-0.4, -0.2) is 5.71 Å². The first kappa shape index (κ1) is 15.9. The van der Waals surface area contributed by atoms with Gasteiger partial charge in [0.15, 0.2) is 5.41 Å². The van der Waals surface area contributed by atoms with Gasteiger partial charge in [-0.3, -0.25) is 0 Å². The summed E-state index contributed by atoms with van der Waals surface area (Å²) in [6, 6.07) is 8.29. The lowest BCUT2D eigenvalue weighted by atomic mass is 9.54. The molecule has 0 unspecified atom stereocenters. The quantitative estimate of drug-likeness (QED) is 0.720. The highest BCUT2D eigenvalue weighted by molar-refractivity contribution is 9.10. The van der Waals surface area contributed by atoms with Crippen molar-refractivity contribution in [3.63, 3.8) is 0 Å². The molecule has 3 atom stereocenters. The van der Waals surface area contributed by atoms with Gasteiger partial charge >= 0.3 is 0 Å². The molecule has 6 heteroatoms. The number of thiophene rings is 1. The molecular formula is C17H13BrN4S. The zero-order chi connectivity index (χ0) is 16.6. The maximum atomic E-state index is 9.80. The average Bonchev–Trinajstić information content (AvgIpc) is 3.00. The van der Waals surface area contributed by atoms with Crippen LogP contribution in [0.1, 0.15) is 30.1 Å². The van der Waals surface area contributed by atoms with Crippen LogP contribution in [0.25, 0.3) is 0 Å². The topological polar surface area (TPSA) is 95.2 Å². The normalized spacial score (nSPS) is 28.7. The molecule has 23 heavy (non-hydrogen) atoms. The van der Waals surface area contributed by atoms with Crippen LogP contribution >= 0.6 is 27.3 Å².